The minimum Gasteiger partial charge on any atom is -0.346 e. The highest BCUT2D eigenvalue weighted by molar-refractivity contribution is 8.15. The topological polar surface area (TPSA) is 66.8 Å². The summed E-state index contributed by atoms with van der Waals surface area (Å²) in [5, 5.41) is 0.673. The Balaban J connectivity index is 1.79. The second-order valence-corrected chi connectivity index (χ2v) is 9.00. The van der Waals surface area contributed by atoms with Crippen LogP contribution < -0.4 is 0 Å². The van der Waals surface area contributed by atoms with Gasteiger partial charge in [0, 0.05) is 18.7 Å². The Bertz CT molecular complexity index is 701. The summed E-state index contributed by atoms with van der Waals surface area (Å²) < 4.78 is 23.7. The molecular weight excluding hydrogens is 320 g/mol. The van der Waals surface area contributed by atoms with E-state index in [0.717, 1.165) is 6.42 Å². The Morgan fingerprint density at radius 3 is 2.73 bits per heavy atom. The van der Waals surface area contributed by atoms with Crippen LogP contribution in [0.3, 0.4) is 0 Å². The first-order valence-electron chi connectivity index (χ1n) is 7.21. The molecule has 0 N–H and O–H groups in total. The van der Waals surface area contributed by atoms with Crippen LogP contribution in [0.1, 0.15) is 12.5 Å². The zero-order chi connectivity index (χ0) is 15.7. The van der Waals surface area contributed by atoms with Gasteiger partial charge in [0.25, 0.3) is 0 Å². The Morgan fingerprint density at radius 2 is 2.05 bits per heavy atom. The number of amidine groups is 1. The monoisotopic (exact) mass is 338 g/mol. The van der Waals surface area contributed by atoms with Crippen molar-refractivity contribution >= 4 is 32.7 Å². The Labute approximate surface area is 134 Å². The first-order valence-corrected chi connectivity index (χ1v) is 9.91. The maximum atomic E-state index is 11.8. The third-order valence-corrected chi connectivity index (χ3v) is 7.16. The van der Waals surface area contributed by atoms with Gasteiger partial charge >= 0.3 is 0 Å². The van der Waals surface area contributed by atoms with Crippen LogP contribution in [0.5, 0.6) is 0 Å². The molecule has 2 saturated heterocycles. The molecule has 2 fully saturated rings. The molecule has 0 bridgehead atoms. The number of hydrogen-bond donors (Lipinski definition) is 0. The molecule has 22 heavy (non-hydrogen) atoms. The number of fused-ring (bicyclic) bond motifs is 1. The maximum absolute atomic E-state index is 11.8. The lowest BCUT2D eigenvalue weighted by Gasteiger charge is -2.24. The zero-order valence-electron chi connectivity index (χ0n) is 12.3. The molecule has 2 heterocycles. The minimum atomic E-state index is -2.98. The highest BCUT2D eigenvalue weighted by Crippen LogP contribution is 2.38. The lowest BCUT2D eigenvalue weighted by molar-refractivity contribution is -0.115. The fourth-order valence-electron chi connectivity index (χ4n) is 2.93. The van der Waals surface area contributed by atoms with Crippen molar-refractivity contribution in [1.82, 2.24) is 4.90 Å². The van der Waals surface area contributed by atoms with E-state index in [2.05, 4.69) is 4.99 Å². The van der Waals surface area contributed by atoms with Crippen molar-refractivity contribution in [3.8, 4) is 0 Å². The van der Waals surface area contributed by atoms with Gasteiger partial charge in [0.2, 0.25) is 5.91 Å². The van der Waals surface area contributed by atoms with Crippen LogP contribution in [0.25, 0.3) is 0 Å². The van der Waals surface area contributed by atoms with E-state index in [1.54, 1.807) is 0 Å². The number of benzene rings is 1. The van der Waals surface area contributed by atoms with E-state index in [1.807, 2.05) is 35.2 Å². The van der Waals surface area contributed by atoms with Crippen molar-refractivity contribution in [2.75, 3.05) is 18.1 Å². The maximum Gasteiger partial charge on any atom is 0.244 e. The quantitative estimate of drug-likeness (QED) is 0.832. The van der Waals surface area contributed by atoms with Gasteiger partial charge in [0.15, 0.2) is 15.0 Å². The molecular formula is C15H18N2O3S2. The number of hydrogen-bond acceptors (Lipinski definition) is 4. The number of carbonyl (C=O) groups is 1. The van der Waals surface area contributed by atoms with Gasteiger partial charge in [-0.05, 0) is 12.0 Å². The number of rotatable bonds is 3. The molecule has 0 spiro atoms. The Morgan fingerprint density at radius 1 is 1.32 bits per heavy atom. The summed E-state index contributed by atoms with van der Waals surface area (Å²) in [7, 11) is -2.98. The van der Waals surface area contributed by atoms with E-state index >= 15 is 0 Å². The summed E-state index contributed by atoms with van der Waals surface area (Å²) in [5.74, 6) is 0.104. The van der Waals surface area contributed by atoms with Gasteiger partial charge in [-0.25, -0.2) is 8.42 Å². The van der Waals surface area contributed by atoms with Crippen LogP contribution in [0.4, 0.5) is 0 Å². The number of thioether (sulfide) groups is 1. The lowest BCUT2D eigenvalue weighted by Crippen LogP contribution is -2.39. The molecule has 2 aliphatic rings. The predicted octanol–water partition coefficient (Wildman–Crippen LogP) is 1.35. The lowest BCUT2D eigenvalue weighted by atomic mass is 10.1. The van der Waals surface area contributed by atoms with Gasteiger partial charge in [-0.1, -0.05) is 42.1 Å². The molecule has 0 unspecified atom stereocenters. The SMILES string of the molecule is CC(=O)N=C1S[C@H]2CS(=O)(=O)C[C@@H]2N1CCc1ccccc1. The molecule has 118 valence electrons. The van der Waals surface area contributed by atoms with Crippen molar-refractivity contribution < 1.29 is 13.2 Å². The van der Waals surface area contributed by atoms with Crippen molar-refractivity contribution in [1.29, 1.82) is 0 Å². The van der Waals surface area contributed by atoms with Gasteiger partial charge in [0.1, 0.15) is 0 Å². The van der Waals surface area contributed by atoms with Crippen molar-refractivity contribution in [2.24, 2.45) is 4.99 Å². The van der Waals surface area contributed by atoms with E-state index in [0.29, 0.717) is 11.7 Å². The summed E-state index contributed by atoms with van der Waals surface area (Å²) in [6.07, 6.45) is 0.807. The minimum absolute atomic E-state index is 0.00104. The standard InChI is InChI=1S/C15H18N2O3S2/c1-11(18)16-15-17(8-7-12-5-3-2-4-6-12)13-9-22(19,20)10-14(13)21-15/h2-6,13-14H,7-10H2,1H3/t13-,14-/m0/s1. The zero-order valence-corrected chi connectivity index (χ0v) is 13.9. The molecule has 1 aromatic carbocycles. The largest absolute Gasteiger partial charge is 0.346 e. The first-order chi connectivity index (χ1) is 10.4. The summed E-state index contributed by atoms with van der Waals surface area (Å²) in [5.41, 5.74) is 1.19. The van der Waals surface area contributed by atoms with E-state index < -0.39 is 9.84 Å². The van der Waals surface area contributed by atoms with E-state index in [9.17, 15) is 13.2 Å². The predicted molar refractivity (Wildman–Crippen MR) is 88.8 cm³/mol. The normalized spacial score (nSPS) is 28.0. The average molecular weight is 338 g/mol. The number of amides is 1. The Hall–Kier alpha value is -1.34. The third-order valence-electron chi connectivity index (χ3n) is 3.91. The number of aliphatic imine (C=N–C) groups is 1. The highest BCUT2D eigenvalue weighted by Gasteiger charge is 2.48. The fourth-order valence-corrected chi connectivity index (χ4v) is 6.95. The second-order valence-electron chi connectivity index (χ2n) is 5.64. The Kier molecular flexibility index (Phi) is 4.27. The van der Waals surface area contributed by atoms with Gasteiger partial charge in [-0.15, -0.1) is 0 Å². The fraction of sp³-hybridized carbons (Fsp3) is 0.467. The van der Waals surface area contributed by atoms with Crippen LogP contribution in [0.15, 0.2) is 35.3 Å². The van der Waals surface area contributed by atoms with Gasteiger partial charge in [0.05, 0.1) is 17.5 Å². The van der Waals surface area contributed by atoms with Crippen LogP contribution >= 0.6 is 11.8 Å². The number of sulfone groups is 1. The molecule has 0 saturated carbocycles. The summed E-state index contributed by atoms with van der Waals surface area (Å²) >= 11 is 1.43. The van der Waals surface area contributed by atoms with Crippen LogP contribution in [-0.4, -0.2) is 53.7 Å². The summed E-state index contributed by atoms with van der Waals surface area (Å²) in [6.45, 7) is 2.10. The van der Waals surface area contributed by atoms with E-state index in [4.69, 9.17) is 0 Å². The molecule has 0 aromatic heterocycles. The van der Waals surface area contributed by atoms with Crippen molar-refractivity contribution in [2.45, 2.75) is 24.6 Å². The third kappa shape index (κ3) is 3.35. The van der Waals surface area contributed by atoms with Crippen LogP contribution in [0, 0.1) is 0 Å². The molecule has 0 aliphatic carbocycles. The molecule has 2 atom stereocenters. The highest BCUT2D eigenvalue weighted by atomic mass is 32.2. The average Bonchev–Trinajstić information content (AvgIpc) is 2.88. The molecule has 1 amide bonds. The van der Waals surface area contributed by atoms with Crippen molar-refractivity contribution in [3.05, 3.63) is 35.9 Å². The summed E-state index contributed by atoms with van der Waals surface area (Å²) in [4.78, 5) is 17.4. The number of carbonyl (C=O) groups excluding carboxylic acids is 1. The van der Waals surface area contributed by atoms with Crippen molar-refractivity contribution in [3.63, 3.8) is 0 Å². The van der Waals surface area contributed by atoms with Gasteiger partial charge < -0.3 is 4.90 Å². The van der Waals surface area contributed by atoms with Crippen LogP contribution in [-0.2, 0) is 21.1 Å². The first kappa shape index (κ1) is 15.6. The van der Waals surface area contributed by atoms with Gasteiger partial charge in [-0.2, -0.15) is 4.99 Å². The number of nitrogens with zero attached hydrogens (tertiary/aromatic N) is 2. The molecule has 0 radical (unpaired) electrons. The second kappa shape index (κ2) is 6.04. The van der Waals surface area contributed by atoms with Gasteiger partial charge in [-0.3, -0.25) is 4.79 Å². The molecule has 1 aromatic rings. The molecule has 2 aliphatic heterocycles. The smallest absolute Gasteiger partial charge is 0.244 e. The molecule has 5 nitrogen and oxygen atoms in total. The van der Waals surface area contributed by atoms with E-state index in [-0.39, 0.29) is 28.7 Å². The summed E-state index contributed by atoms with van der Waals surface area (Å²) in [6, 6.07) is 9.99. The van der Waals surface area contributed by atoms with E-state index in [1.165, 1.54) is 24.2 Å². The molecule has 3 rings (SSSR count). The van der Waals surface area contributed by atoms with Crippen LogP contribution in [0.2, 0.25) is 0 Å². The molecule has 7 heteroatoms.